The van der Waals surface area contributed by atoms with Crippen LogP contribution < -0.4 is 10.1 Å². The number of hydrogen-bond acceptors (Lipinski definition) is 5. The fourth-order valence-corrected chi connectivity index (χ4v) is 1.46. The smallest absolute Gasteiger partial charge is 0.221 e. The van der Waals surface area contributed by atoms with Crippen molar-refractivity contribution < 1.29 is 9.15 Å². The molecule has 1 N–H and O–H groups in total. The molecule has 0 unspecified atom stereocenters. The van der Waals surface area contributed by atoms with Crippen LogP contribution in [0.5, 0.6) is 5.88 Å². The van der Waals surface area contributed by atoms with Gasteiger partial charge < -0.3 is 14.5 Å². The number of nitrogens with zero attached hydrogens (tertiary/aromatic N) is 2. The first kappa shape index (κ1) is 11.4. The molecule has 0 spiro atoms. The number of ether oxygens (including phenoxy) is 1. The molecule has 0 amide bonds. The summed E-state index contributed by atoms with van der Waals surface area (Å²) in [6.45, 7) is 5.13. The first-order valence-electron chi connectivity index (χ1n) is 5.52. The molecule has 90 valence electrons. The molecule has 0 aliphatic heterocycles. The van der Waals surface area contributed by atoms with Crippen LogP contribution in [0.3, 0.4) is 0 Å². The minimum absolute atomic E-state index is 0.371. The maximum atomic E-state index is 5.58. The van der Waals surface area contributed by atoms with Crippen molar-refractivity contribution in [1.82, 2.24) is 9.97 Å². The Hall–Kier alpha value is -2.04. The maximum absolute atomic E-state index is 5.58. The topological polar surface area (TPSA) is 60.2 Å². The van der Waals surface area contributed by atoms with Gasteiger partial charge in [0.15, 0.2) is 0 Å². The van der Waals surface area contributed by atoms with E-state index < -0.39 is 0 Å². The van der Waals surface area contributed by atoms with Crippen LogP contribution in [0.15, 0.2) is 29.1 Å². The van der Waals surface area contributed by atoms with Crippen molar-refractivity contribution in [3.63, 3.8) is 0 Å². The molecular formula is C12H15N3O2. The summed E-state index contributed by atoms with van der Waals surface area (Å²) in [7, 11) is 0. The van der Waals surface area contributed by atoms with Gasteiger partial charge in [-0.15, -0.1) is 0 Å². The number of hydrogen-bond donors (Lipinski definition) is 1. The second-order valence-electron chi connectivity index (χ2n) is 3.55. The molecule has 0 aliphatic carbocycles. The second kappa shape index (κ2) is 5.34. The molecule has 5 heteroatoms. The molecule has 2 heterocycles. The van der Waals surface area contributed by atoms with Crippen LogP contribution in [-0.2, 0) is 6.61 Å². The molecule has 2 rings (SSSR count). The van der Waals surface area contributed by atoms with Gasteiger partial charge in [0.25, 0.3) is 0 Å². The quantitative estimate of drug-likeness (QED) is 0.859. The Morgan fingerprint density at radius 3 is 3.00 bits per heavy atom. The molecule has 2 aromatic rings. The van der Waals surface area contributed by atoms with Gasteiger partial charge in [0.1, 0.15) is 24.5 Å². The van der Waals surface area contributed by atoms with E-state index in [-0.39, 0.29) is 0 Å². The van der Waals surface area contributed by atoms with E-state index in [0.717, 1.165) is 23.7 Å². The van der Waals surface area contributed by atoms with Crippen LogP contribution in [-0.4, -0.2) is 16.5 Å². The number of nitrogens with one attached hydrogen (secondary N) is 1. The summed E-state index contributed by atoms with van der Waals surface area (Å²) >= 11 is 0. The first-order chi connectivity index (χ1) is 8.31. The van der Waals surface area contributed by atoms with Crippen LogP contribution >= 0.6 is 0 Å². The van der Waals surface area contributed by atoms with Crippen LogP contribution in [0.1, 0.15) is 18.2 Å². The molecular weight excluding hydrogens is 218 g/mol. The molecule has 0 bridgehead atoms. The van der Waals surface area contributed by atoms with E-state index >= 15 is 0 Å². The number of anilines is 1. The van der Waals surface area contributed by atoms with Gasteiger partial charge in [0, 0.05) is 6.54 Å². The number of rotatable bonds is 5. The van der Waals surface area contributed by atoms with Gasteiger partial charge in [0.2, 0.25) is 5.88 Å². The SMILES string of the molecule is CCNc1ncnc(OCc2ccco2)c1C. The Balaban J connectivity index is 2.07. The molecule has 0 saturated heterocycles. The highest BCUT2D eigenvalue weighted by molar-refractivity contribution is 5.47. The lowest BCUT2D eigenvalue weighted by Crippen LogP contribution is -2.05. The monoisotopic (exact) mass is 233 g/mol. The molecule has 0 radical (unpaired) electrons. The fourth-order valence-electron chi connectivity index (χ4n) is 1.46. The van der Waals surface area contributed by atoms with Gasteiger partial charge in [-0.3, -0.25) is 0 Å². The molecule has 2 aromatic heterocycles. The van der Waals surface area contributed by atoms with E-state index in [1.165, 1.54) is 6.33 Å². The third-order valence-electron chi connectivity index (χ3n) is 2.31. The van der Waals surface area contributed by atoms with Gasteiger partial charge in [-0.1, -0.05) is 0 Å². The second-order valence-corrected chi connectivity index (χ2v) is 3.55. The zero-order valence-corrected chi connectivity index (χ0v) is 9.93. The number of aromatic nitrogens is 2. The lowest BCUT2D eigenvalue weighted by Gasteiger charge is -2.10. The van der Waals surface area contributed by atoms with Gasteiger partial charge in [0.05, 0.1) is 11.8 Å². The predicted octanol–water partition coefficient (Wildman–Crippen LogP) is 2.39. The van der Waals surface area contributed by atoms with Gasteiger partial charge in [-0.05, 0) is 26.0 Å². The summed E-state index contributed by atoms with van der Waals surface area (Å²) in [6.07, 6.45) is 3.11. The highest BCUT2D eigenvalue weighted by Crippen LogP contribution is 2.21. The highest BCUT2D eigenvalue weighted by Gasteiger charge is 2.08. The minimum atomic E-state index is 0.371. The largest absolute Gasteiger partial charge is 0.469 e. The normalized spacial score (nSPS) is 10.2. The van der Waals surface area contributed by atoms with Crippen molar-refractivity contribution in [1.29, 1.82) is 0 Å². The van der Waals surface area contributed by atoms with E-state index in [2.05, 4.69) is 15.3 Å². The standard InChI is InChI=1S/C12H15N3O2/c1-3-13-11-9(2)12(15-8-14-11)17-7-10-5-4-6-16-10/h4-6,8H,3,7H2,1-2H3,(H,13,14,15). The van der Waals surface area contributed by atoms with Gasteiger partial charge >= 0.3 is 0 Å². The summed E-state index contributed by atoms with van der Waals surface area (Å²) in [4.78, 5) is 8.25. The Bertz CT molecular complexity index is 469. The third-order valence-corrected chi connectivity index (χ3v) is 2.31. The lowest BCUT2D eigenvalue weighted by molar-refractivity contribution is 0.258. The number of furan rings is 1. The van der Waals surface area contributed by atoms with E-state index in [1.54, 1.807) is 6.26 Å². The Morgan fingerprint density at radius 2 is 2.29 bits per heavy atom. The molecule has 17 heavy (non-hydrogen) atoms. The van der Waals surface area contributed by atoms with Crippen molar-refractivity contribution in [3.05, 3.63) is 36.0 Å². The van der Waals surface area contributed by atoms with Crippen LogP contribution in [0.25, 0.3) is 0 Å². The zero-order chi connectivity index (χ0) is 12.1. The third kappa shape index (κ3) is 2.75. The van der Waals surface area contributed by atoms with Crippen molar-refractivity contribution in [3.8, 4) is 5.88 Å². The van der Waals surface area contributed by atoms with Crippen LogP contribution in [0.4, 0.5) is 5.82 Å². The highest BCUT2D eigenvalue weighted by atomic mass is 16.5. The summed E-state index contributed by atoms with van der Waals surface area (Å²) < 4.78 is 10.8. The summed E-state index contributed by atoms with van der Waals surface area (Å²) in [5.41, 5.74) is 0.904. The molecule has 0 saturated carbocycles. The zero-order valence-electron chi connectivity index (χ0n) is 9.93. The Labute approximate surface area is 99.8 Å². The molecule has 0 aliphatic rings. The maximum Gasteiger partial charge on any atom is 0.221 e. The van der Waals surface area contributed by atoms with E-state index in [0.29, 0.717) is 12.5 Å². The average Bonchev–Trinajstić information content (AvgIpc) is 2.83. The predicted molar refractivity (Wildman–Crippen MR) is 64.0 cm³/mol. The van der Waals surface area contributed by atoms with Gasteiger partial charge in [-0.2, -0.15) is 0 Å². The average molecular weight is 233 g/mol. The van der Waals surface area contributed by atoms with Crippen LogP contribution in [0.2, 0.25) is 0 Å². The summed E-state index contributed by atoms with van der Waals surface area (Å²) in [5.74, 6) is 2.15. The fraction of sp³-hybridized carbons (Fsp3) is 0.333. The van der Waals surface area contributed by atoms with Gasteiger partial charge in [-0.25, -0.2) is 9.97 Å². The van der Waals surface area contributed by atoms with Crippen molar-refractivity contribution in [2.45, 2.75) is 20.5 Å². The van der Waals surface area contributed by atoms with E-state index in [1.807, 2.05) is 26.0 Å². The van der Waals surface area contributed by atoms with Crippen molar-refractivity contribution in [2.75, 3.05) is 11.9 Å². The van der Waals surface area contributed by atoms with E-state index in [9.17, 15) is 0 Å². The molecule has 0 fully saturated rings. The summed E-state index contributed by atoms with van der Waals surface area (Å²) in [6, 6.07) is 3.69. The minimum Gasteiger partial charge on any atom is -0.469 e. The summed E-state index contributed by atoms with van der Waals surface area (Å²) in [5, 5.41) is 3.15. The Morgan fingerprint density at radius 1 is 1.41 bits per heavy atom. The molecule has 0 atom stereocenters. The lowest BCUT2D eigenvalue weighted by atomic mass is 10.3. The van der Waals surface area contributed by atoms with Crippen molar-refractivity contribution in [2.24, 2.45) is 0 Å². The molecule has 0 aromatic carbocycles. The van der Waals surface area contributed by atoms with Crippen LogP contribution in [0, 0.1) is 6.92 Å². The van der Waals surface area contributed by atoms with Crippen molar-refractivity contribution >= 4 is 5.82 Å². The molecule has 5 nitrogen and oxygen atoms in total. The van der Waals surface area contributed by atoms with E-state index in [4.69, 9.17) is 9.15 Å². The Kier molecular flexibility index (Phi) is 3.59. The first-order valence-corrected chi connectivity index (χ1v) is 5.52.